The van der Waals surface area contributed by atoms with Crippen LogP contribution in [0.2, 0.25) is 0 Å². The van der Waals surface area contributed by atoms with Crippen LogP contribution < -0.4 is 26.8 Å². The Morgan fingerprint density at radius 3 is 1.72 bits per heavy atom. The number of carbonyl (C=O) groups is 1. The molecule has 0 unspecified atom stereocenters. The number of para-hydroxylation sites is 2. The summed E-state index contributed by atoms with van der Waals surface area (Å²) in [5.74, 6) is 1.49. The second-order valence-electron chi connectivity index (χ2n) is 10.4. The molecule has 5 rings (SSSR count). The van der Waals surface area contributed by atoms with E-state index in [1.165, 1.54) is 14.2 Å². The van der Waals surface area contributed by atoms with Gasteiger partial charge in [-0.2, -0.15) is 29.9 Å². The predicted octanol–water partition coefficient (Wildman–Crippen LogP) is 4.32. The smallest absolute Gasteiger partial charge is 0.341 e. The van der Waals surface area contributed by atoms with Crippen molar-refractivity contribution in [1.82, 2.24) is 34.8 Å². The maximum absolute atomic E-state index is 12.2. The zero-order valence-electron chi connectivity index (χ0n) is 26.0. The van der Waals surface area contributed by atoms with Crippen LogP contribution in [-0.2, 0) is 24.4 Å². The van der Waals surface area contributed by atoms with Gasteiger partial charge in [0.1, 0.15) is 23.0 Å². The minimum absolute atomic E-state index is 0.0688. The number of esters is 1. The molecule has 0 atom stereocenters. The molecule has 0 radical (unpaired) electrons. The fourth-order valence-corrected chi connectivity index (χ4v) is 4.73. The first-order valence-electron chi connectivity index (χ1n) is 14.3. The van der Waals surface area contributed by atoms with Crippen molar-refractivity contribution in [2.75, 3.05) is 36.3 Å². The van der Waals surface area contributed by atoms with Crippen LogP contribution in [0.25, 0.3) is 0 Å². The molecule has 0 spiro atoms. The summed E-state index contributed by atoms with van der Waals surface area (Å²) in [5, 5.41) is 6.45. The quantitative estimate of drug-likeness (QED) is 0.144. The number of aromatic nitrogens is 6. The Kier molecular flexibility index (Phi) is 9.78. The molecule has 5 aromatic rings. The second kappa shape index (κ2) is 14.3. The average Bonchev–Trinajstić information content (AvgIpc) is 3.02. The Bertz CT molecular complexity index is 1750. The number of nitrogen functional groups attached to an aromatic ring is 2. The number of benzene rings is 3. The van der Waals surface area contributed by atoms with Crippen molar-refractivity contribution in [2.24, 2.45) is 0 Å². The summed E-state index contributed by atoms with van der Waals surface area (Å²) in [6.07, 6.45) is 0. The highest BCUT2D eigenvalue weighted by molar-refractivity contribution is 5.92. The number of nitrogens with one attached hydrogen (secondary N) is 2. The molecule has 0 amide bonds. The van der Waals surface area contributed by atoms with Gasteiger partial charge in [0.2, 0.25) is 23.8 Å². The highest BCUT2D eigenvalue weighted by Crippen LogP contribution is 2.24. The zero-order chi connectivity index (χ0) is 32.6. The Morgan fingerprint density at radius 1 is 0.717 bits per heavy atom. The normalized spacial score (nSPS) is 10.9. The molecule has 0 aliphatic rings. The molecule has 2 heterocycles. The molecule has 0 saturated heterocycles. The lowest BCUT2D eigenvalue weighted by molar-refractivity contribution is 0.0597. The van der Waals surface area contributed by atoms with Gasteiger partial charge in [-0.3, -0.25) is 4.90 Å². The first kappa shape index (κ1) is 31.5. The van der Waals surface area contributed by atoms with E-state index in [-0.39, 0.29) is 25.0 Å². The fourth-order valence-electron chi connectivity index (χ4n) is 4.73. The molecule has 14 nitrogen and oxygen atoms in total. The maximum Gasteiger partial charge on any atom is 0.341 e. The third kappa shape index (κ3) is 7.98. The van der Waals surface area contributed by atoms with Crippen molar-refractivity contribution in [1.29, 1.82) is 0 Å². The van der Waals surface area contributed by atoms with E-state index in [0.29, 0.717) is 41.4 Å². The lowest BCUT2D eigenvalue weighted by Gasteiger charge is -2.22. The van der Waals surface area contributed by atoms with Gasteiger partial charge >= 0.3 is 5.97 Å². The van der Waals surface area contributed by atoms with Crippen LogP contribution in [0.1, 0.15) is 38.7 Å². The summed E-state index contributed by atoms with van der Waals surface area (Å²) < 4.78 is 10.4. The van der Waals surface area contributed by atoms with Crippen molar-refractivity contribution in [3.63, 3.8) is 0 Å². The van der Waals surface area contributed by atoms with E-state index in [4.69, 9.17) is 20.9 Å². The van der Waals surface area contributed by atoms with E-state index in [1.54, 1.807) is 12.1 Å². The summed E-state index contributed by atoms with van der Waals surface area (Å²) in [6, 6.07) is 20.8. The monoisotopic (exact) mass is 621 g/mol. The number of nitrogens with zero attached hydrogens (tertiary/aromatic N) is 7. The average molecular weight is 622 g/mol. The molecule has 2 aromatic heterocycles. The summed E-state index contributed by atoms with van der Waals surface area (Å²) in [5.41, 5.74) is 17.1. The summed E-state index contributed by atoms with van der Waals surface area (Å²) in [7, 11) is 2.82. The number of ether oxygens (including phenoxy) is 2. The SMILES string of the molecule is COC(=O)c1ccc(CN(Cc2nc(N)nc(Nc3ccccc3C)n2)Cc2nc(N)nc(Nc3ccccc3C)n2)cc1OC. The summed E-state index contributed by atoms with van der Waals surface area (Å²) in [6.45, 7) is 4.82. The lowest BCUT2D eigenvalue weighted by atomic mass is 10.1. The summed E-state index contributed by atoms with van der Waals surface area (Å²) in [4.78, 5) is 40.9. The van der Waals surface area contributed by atoms with E-state index in [2.05, 4.69) is 40.5 Å². The number of hydrogen-bond donors (Lipinski definition) is 4. The number of carbonyl (C=O) groups excluding carboxylic acids is 1. The summed E-state index contributed by atoms with van der Waals surface area (Å²) >= 11 is 0. The van der Waals surface area contributed by atoms with Crippen molar-refractivity contribution >= 4 is 41.1 Å². The molecule has 6 N–H and O–H groups in total. The highest BCUT2D eigenvalue weighted by Gasteiger charge is 2.18. The van der Waals surface area contributed by atoms with Gasteiger partial charge < -0.3 is 31.6 Å². The molecule has 0 bridgehead atoms. The van der Waals surface area contributed by atoms with Crippen LogP contribution in [0.4, 0.5) is 35.2 Å². The first-order chi connectivity index (χ1) is 22.2. The zero-order valence-corrected chi connectivity index (χ0v) is 26.0. The Hall–Kier alpha value is -5.89. The van der Waals surface area contributed by atoms with Crippen LogP contribution in [-0.4, -0.2) is 55.0 Å². The van der Waals surface area contributed by atoms with Crippen molar-refractivity contribution in [3.8, 4) is 5.75 Å². The minimum Gasteiger partial charge on any atom is -0.496 e. The Labute approximate surface area is 266 Å². The third-order valence-corrected chi connectivity index (χ3v) is 6.99. The van der Waals surface area contributed by atoms with Gasteiger partial charge in [0, 0.05) is 17.9 Å². The number of anilines is 6. The number of rotatable bonds is 12. The molecular weight excluding hydrogens is 586 g/mol. The number of methoxy groups -OCH3 is 2. The maximum atomic E-state index is 12.2. The van der Waals surface area contributed by atoms with Gasteiger partial charge in [-0.15, -0.1) is 0 Å². The molecule has 0 aliphatic carbocycles. The second-order valence-corrected chi connectivity index (χ2v) is 10.4. The molecule has 46 heavy (non-hydrogen) atoms. The topological polar surface area (TPSA) is 192 Å². The van der Waals surface area contributed by atoms with Crippen LogP contribution in [0, 0.1) is 13.8 Å². The van der Waals surface area contributed by atoms with E-state index in [0.717, 1.165) is 28.1 Å². The van der Waals surface area contributed by atoms with Gasteiger partial charge in [-0.1, -0.05) is 42.5 Å². The molecule has 14 heteroatoms. The van der Waals surface area contributed by atoms with E-state index in [1.807, 2.05) is 73.3 Å². The standard InChI is InChI=1S/C32H35N11O3/c1-19-9-5-7-11-23(19)35-31-39-26(37-29(33)41-31)17-43(16-21-13-14-22(28(44)46-4)25(15-21)45-3)18-27-38-30(34)42-32(40-27)36-24-12-8-6-10-20(24)2/h5-15H,16-18H2,1-4H3,(H3,33,35,37,39,41)(H3,34,36,38,40,42). The van der Waals surface area contributed by atoms with E-state index in [9.17, 15) is 4.79 Å². The molecular formula is C32H35N11O3. The van der Waals surface area contributed by atoms with Crippen LogP contribution in [0.3, 0.4) is 0 Å². The Morgan fingerprint density at radius 2 is 1.24 bits per heavy atom. The van der Waals surface area contributed by atoms with Gasteiger partial charge in [-0.25, -0.2) is 4.79 Å². The highest BCUT2D eigenvalue weighted by atomic mass is 16.5. The molecule has 236 valence electrons. The molecule has 0 aliphatic heterocycles. The van der Waals surface area contributed by atoms with Crippen molar-refractivity contribution < 1.29 is 14.3 Å². The first-order valence-corrected chi connectivity index (χ1v) is 14.3. The fraction of sp³-hybridized carbons (Fsp3) is 0.219. The molecule has 0 fully saturated rings. The van der Waals surface area contributed by atoms with Gasteiger partial charge in [0.25, 0.3) is 0 Å². The van der Waals surface area contributed by atoms with Gasteiger partial charge in [0.05, 0.1) is 27.3 Å². The number of aryl methyl sites for hydroxylation is 2. The van der Waals surface area contributed by atoms with E-state index < -0.39 is 5.97 Å². The predicted molar refractivity (Wildman–Crippen MR) is 175 cm³/mol. The Balaban J connectivity index is 1.46. The van der Waals surface area contributed by atoms with Gasteiger partial charge in [0.15, 0.2) is 0 Å². The largest absolute Gasteiger partial charge is 0.496 e. The minimum atomic E-state index is -0.496. The lowest BCUT2D eigenvalue weighted by Crippen LogP contribution is -2.26. The number of nitrogens with two attached hydrogens (primary N) is 2. The van der Waals surface area contributed by atoms with Crippen molar-refractivity contribution in [2.45, 2.75) is 33.5 Å². The van der Waals surface area contributed by atoms with Gasteiger partial charge in [-0.05, 0) is 54.8 Å². The van der Waals surface area contributed by atoms with E-state index >= 15 is 0 Å². The molecule has 0 saturated carbocycles. The third-order valence-electron chi connectivity index (χ3n) is 6.99. The van der Waals surface area contributed by atoms with Crippen molar-refractivity contribution in [3.05, 3.63) is 101 Å². The van der Waals surface area contributed by atoms with Crippen LogP contribution in [0.15, 0.2) is 66.7 Å². The molecule has 3 aromatic carbocycles. The van der Waals surface area contributed by atoms with Crippen LogP contribution >= 0.6 is 0 Å². The van der Waals surface area contributed by atoms with Crippen LogP contribution in [0.5, 0.6) is 5.75 Å². The number of hydrogen-bond acceptors (Lipinski definition) is 14.